The summed E-state index contributed by atoms with van der Waals surface area (Å²) in [6, 6.07) is 37.5. The number of aliphatic hydroxyl groups is 1. The Kier molecular flexibility index (Phi) is 34.6. The van der Waals surface area contributed by atoms with Crippen LogP contribution in [0.2, 0.25) is 0 Å². The van der Waals surface area contributed by atoms with E-state index in [2.05, 4.69) is 63.9 Å². The third-order valence-electron chi connectivity index (χ3n) is 15.2. The van der Waals surface area contributed by atoms with Crippen molar-refractivity contribution in [3.63, 3.8) is 0 Å². The molecule has 10 rings (SSSR count). The van der Waals surface area contributed by atoms with Gasteiger partial charge in [-0.15, -0.1) is 0 Å². The zero-order valence-corrected chi connectivity index (χ0v) is 50.6. The molecule has 2 aliphatic heterocycles. The highest BCUT2D eigenvalue weighted by molar-refractivity contribution is 6.22. The highest BCUT2D eigenvalue weighted by Gasteiger charge is 2.35. The van der Waals surface area contributed by atoms with Gasteiger partial charge < -0.3 is 36.5 Å². The predicted molar refractivity (Wildman–Crippen MR) is 339 cm³/mol. The first kappa shape index (κ1) is 72.3. The van der Waals surface area contributed by atoms with Crippen LogP contribution in [0.3, 0.4) is 0 Å². The van der Waals surface area contributed by atoms with Crippen LogP contribution in [0.4, 0.5) is 17.1 Å². The number of carbonyl (C=O) groups is 6. The summed E-state index contributed by atoms with van der Waals surface area (Å²) in [5.41, 5.74) is 23.4. The predicted octanol–water partition coefficient (Wildman–Crippen LogP) is 12.5. The molecule has 86 heavy (non-hydrogen) atoms. The second kappa shape index (κ2) is 41.1. The van der Waals surface area contributed by atoms with Crippen LogP contribution in [0.5, 0.6) is 0 Å². The van der Waals surface area contributed by atoms with E-state index >= 15 is 0 Å². The topological polar surface area (TPSA) is 311 Å². The number of esters is 1. The third-order valence-corrected chi connectivity index (χ3v) is 15.2. The second-order valence-electron chi connectivity index (χ2n) is 21.5. The van der Waals surface area contributed by atoms with Gasteiger partial charge >= 0.3 is 5.97 Å². The van der Waals surface area contributed by atoms with Crippen LogP contribution in [-0.4, -0.2) is 107 Å². The second-order valence-corrected chi connectivity index (χ2v) is 21.5. The van der Waals surface area contributed by atoms with Gasteiger partial charge in [-0.3, -0.25) is 43.9 Å². The SMILES string of the molecule is CCO.CCOC(C)=O.N=N.NCCCc1cccc(NCC2CCCC2)c1.O.O=C1c2ccccc2C(=O)N1CCCc1cccc(NCC2CCCC2)c1.O=C1c2ccccc2C(=O)N1CCCc1cccc([N+](=O)[O-])c1.O=CC1CCCC1.[HH]. The fraction of sp³-hybridized carbons (Fsp3) is 0.463. The maximum Gasteiger partial charge on any atom is 0.302 e. The van der Waals surface area contributed by atoms with E-state index in [1.807, 2.05) is 0 Å². The summed E-state index contributed by atoms with van der Waals surface area (Å²) < 4.78 is 4.40. The first-order chi connectivity index (χ1) is 41.3. The molecule has 4 amide bonds. The maximum absolute atomic E-state index is 12.4. The van der Waals surface area contributed by atoms with E-state index in [-0.39, 0.29) is 48.8 Å². The van der Waals surface area contributed by atoms with Gasteiger partial charge in [0.2, 0.25) is 0 Å². The van der Waals surface area contributed by atoms with Crippen molar-refractivity contribution in [1.82, 2.24) is 9.80 Å². The number of rotatable bonds is 20. The third kappa shape index (κ3) is 24.5. The zero-order chi connectivity index (χ0) is 61.8. The van der Waals surface area contributed by atoms with Crippen LogP contribution in [0.25, 0.3) is 0 Å². The van der Waals surface area contributed by atoms with Crippen LogP contribution in [0.1, 0.15) is 177 Å². The van der Waals surface area contributed by atoms with Gasteiger partial charge in [0.1, 0.15) is 6.29 Å². The van der Waals surface area contributed by atoms with Crippen LogP contribution >= 0.6 is 0 Å². The molecule has 19 nitrogen and oxygen atoms in total. The standard InChI is InChI=1S/C23H26N2O2.C17H14N2O4.C15H24N2.C6H10O.C4H8O2.C2H6O.H2N2.H2O.H2/c26-22-20-12-3-4-13-21(20)23(27)25(22)14-6-10-17-9-5-11-19(15-17)24-16-18-7-1-2-8-18;20-16-14-8-1-2-9-15(14)17(21)18(16)10-4-6-12-5-3-7-13(11-12)19(22)23;16-10-4-8-13-7-3-9-15(11-13)17-12-14-5-1-2-6-14;7-5-6-3-1-2-4-6;1-3-6-4(2)5;1-2-3;1-2;;/h3-5,9,11-13,15,18,24H,1-2,6-8,10,14,16H2;1-3,5,7-9,11H,4,6,10H2;3,7,9,11,14,17H,1-2,4-6,8,10,12,16H2;5-6H,1-4H2;3H2,1-2H3;3H,2H2,1H3;1-2H;1H2;1H. The van der Waals surface area contributed by atoms with E-state index in [0.29, 0.717) is 60.7 Å². The molecule has 0 radical (unpaired) electrons. The van der Waals surface area contributed by atoms with Crippen LogP contribution in [-0.2, 0) is 33.6 Å². The van der Waals surface area contributed by atoms with E-state index < -0.39 is 4.92 Å². The minimum absolute atomic E-state index is 0. The van der Waals surface area contributed by atoms with E-state index in [0.717, 1.165) is 81.8 Å². The number of aryl methyl sites for hydroxylation is 3. The molecule has 3 aliphatic carbocycles. The Morgan fingerprint density at radius 1 is 0.628 bits per heavy atom. The smallest absolute Gasteiger partial charge is 0.302 e. The number of hydrogen-bond acceptors (Lipinski definition) is 15. The summed E-state index contributed by atoms with van der Waals surface area (Å²) in [4.78, 5) is 82.0. The lowest BCUT2D eigenvalue weighted by Crippen LogP contribution is -2.30. The number of fused-ring (bicyclic) bond motifs is 2. The lowest BCUT2D eigenvalue weighted by atomic mass is 10.1. The maximum atomic E-state index is 12.4. The molecule has 5 aromatic carbocycles. The number of imide groups is 2. The Balaban J connectivity index is 0.000000391. The fourth-order valence-electron chi connectivity index (χ4n) is 10.8. The summed E-state index contributed by atoms with van der Waals surface area (Å²) >= 11 is 0. The molecule has 0 spiro atoms. The van der Waals surface area contributed by atoms with Gasteiger partial charge in [-0.05, 0) is 174 Å². The highest BCUT2D eigenvalue weighted by Crippen LogP contribution is 2.28. The fourth-order valence-corrected chi connectivity index (χ4v) is 10.8. The van der Waals surface area contributed by atoms with Crippen molar-refractivity contribution in [3.8, 4) is 0 Å². The first-order valence-corrected chi connectivity index (χ1v) is 30.2. The molecule has 5 aliphatic rings. The average Bonchev–Trinajstić information content (AvgIpc) is 1.98. The summed E-state index contributed by atoms with van der Waals surface area (Å²) in [5.74, 6) is 1.03. The van der Waals surface area contributed by atoms with Crippen LogP contribution < -0.4 is 16.4 Å². The highest BCUT2D eigenvalue weighted by atomic mass is 16.6. The monoisotopic (exact) mass is 1190 g/mol. The molecule has 19 heteroatoms. The molecule has 0 unspecified atom stereocenters. The normalized spacial score (nSPS) is 14.7. The van der Waals surface area contributed by atoms with Crippen molar-refractivity contribution < 1.29 is 50.4 Å². The Morgan fingerprint density at radius 3 is 1.31 bits per heavy atom. The molecule has 2 heterocycles. The number of nitrogens with one attached hydrogen (secondary N) is 4. The lowest BCUT2D eigenvalue weighted by Gasteiger charge is -2.15. The Hall–Kier alpha value is -8.00. The van der Waals surface area contributed by atoms with E-state index in [1.54, 1.807) is 74.5 Å². The number of ether oxygens (including phenoxy) is 1. The lowest BCUT2D eigenvalue weighted by molar-refractivity contribution is -0.384. The zero-order valence-electron chi connectivity index (χ0n) is 50.6. The molecule has 0 atom stereocenters. The average molecular weight is 1190 g/mol. The molecule has 3 saturated carbocycles. The van der Waals surface area contributed by atoms with Crippen LogP contribution in [0, 0.1) is 38.9 Å². The van der Waals surface area contributed by atoms with Gasteiger partial charge in [0.15, 0.2) is 0 Å². The number of nitrogens with two attached hydrogens (primary N) is 1. The number of anilines is 2. The molecule has 468 valence electrons. The van der Waals surface area contributed by atoms with Crippen molar-refractivity contribution in [2.45, 2.75) is 136 Å². The van der Waals surface area contributed by atoms with Gasteiger partial charge in [-0.25, -0.2) is 11.1 Å². The largest absolute Gasteiger partial charge is 0.466 e. The summed E-state index contributed by atoms with van der Waals surface area (Å²) in [6.45, 7) is 9.32. The number of aliphatic hydroxyl groups excluding tert-OH is 1. The van der Waals surface area contributed by atoms with Crippen LogP contribution in [0.15, 0.2) is 121 Å². The Labute approximate surface area is 509 Å². The number of amides is 4. The summed E-state index contributed by atoms with van der Waals surface area (Å²) in [5, 5.41) is 25.5. The molecule has 5 aromatic rings. The van der Waals surface area contributed by atoms with Crippen molar-refractivity contribution >= 4 is 52.9 Å². The number of aldehydes is 1. The molecule has 3 fully saturated rings. The van der Waals surface area contributed by atoms with Crippen molar-refractivity contribution in [2.24, 2.45) is 23.5 Å². The number of benzene rings is 5. The number of nitro benzene ring substituents is 1. The Bertz CT molecular complexity index is 2810. The molecule has 0 bridgehead atoms. The summed E-state index contributed by atoms with van der Waals surface area (Å²) in [7, 11) is 0. The number of non-ortho nitro benzene ring substituents is 1. The molecule has 0 aromatic heterocycles. The van der Waals surface area contributed by atoms with E-state index in [1.165, 1.54) is 116 Å². The first-order valence-electron chi connectivity index (χ1n) is 30.2. The van der Waals surface area contributed by atoms with E-state index in [9.17, 15) is 38.9 Å². The van der Waals surface area contributed by atoms with Crippen molar-refractivity contribution in [1.29, 1.82) is 11.1 Å². The number of carbonyl (C=O) groups excluding carboxylic acids is 6. The quantitative estimate of drug-likeness (QED) is 0.0106. The van der Waals surface area contributed by atoms with Gasteiger partial charge in [-0.2, -0.15) is 0 Å². The Morgan fingerprint density at radius 2 is 0.988 bits per heavy atom. The minimum Gasteiger partial charge on any atom is -0.466 e. The van der Waals surface area contributed by atoms with Gasteiger partial charge in [-0.1, -0.05) is 99.2 Å². The minimum atomic E-state index is -0.437. The number of nitrogens with zero attached hydrogens (tertiary/aromatic N) is 3. The van der Waals surface area contributed by atoms with Gasteiger partial charge in [0.25, 0.3) is 29.3 Å². The molecular weight excluding hydrogens is 1090 g/mol. The van der Waals surface area contributed by atoms with Gasteiger partial charge in [0.05, 0.1) is 33.8 Å². The van der Waals surface area contributed by atoms with Gasteiger partial charge in [0, 0.05) is 70.6 Å². The molecular formula is C67H94N8O11. The summed E-state index contributed by atoms with van der Waals surface area (Å²) in [6.07, 6.45) is 21.9. The number of hydrogen-bond donors (Lipinski definition) is 6. The molecule has 0 saturated heterocycles. The number of nitro groups is 1. The van der Waals surface area contributed by atoms with E-state index in [4.69, 9.17) is 21.9 Å². The molecule has 9 N–H and O–H groups in total. The van der Waals surface area contributed by atoms with Crippen molar-refractivity contribution in [2.75, 3.05) is 56.6 Å². The van der Waals surface area contributed by atoms with Crippen molar-refractivity contribution in [3.05, 3.63) is 170 Å².